The number of piperidine rings is 1. The molecule has 1 saturated heterocycles. The molecule has 4 nitrogen and oxygen atoms in total. The highest BCUT2D eigenvalue weighted by atomic mass is 35.5. The largest absolute Gasteiger partial charge is 0.476 e. The van der Waals surface area contributed by atoms with Crippen molar-refractivity contribution >= 4 is 22.9 Å². The second-order valence-corrected chi connectivity index (χ2v) is 7.17. The van der Waals surface area contributed by atoms with Gasteiger partial charge in [0.05, 0.1) is 17.3 Å². The quantitative estimate of drug-likeness (QED) is 0.832. The summed E-state index contributed by atoms with van der Waals surface area (Å²) in [6, 6.07) is 3.62. The number of halogens is 1. The lowest BCUT2D eigenvalue weighted by Gasteiger charge is -2.32. The molecule has 0 saturated carbocycles. The lowest BCUT2D eigenvalue weighted by molar-refractivity contribution is 0.122. The lowest BCUT2D eigenvalue weighted by Crippen LogP contribution is -2.37. The number of hydrogen-bond acceptors (Lipinski definition) is 5. The summed E-state index contributed by atoms with van der Waals surface area (Å²) in [7, 11) is 0. The van der Waals surface area contributed by atoms with Gasteiger partial charge in [-0.1, -0.05) is 11.6 Å². The SMILES string of the molecule is Cc1nc(CN2CCCC(COc3ncccc3Cl)C2)cs1. The average Bonchev–Trinajstić information content (AvgIpc) is 2.92. The van der Waals surface area contributed by atoms with Crippen molar-refractivity contribution in [2.75, 3.05) is 19.7 Å². The standard InChI is InChI=1S/C16H20ClN3OS/c1-12-19-14(11-22-12)9-20-7-3-4-13(8-20)10-21-16-15(17)5-2-6-18-16/h2,5-6,11,13H,3-4,7-10H2,1H3. The van der Waals surface area contributed by atoms with Crippen LogP contribution in [0.1, 0.15) is 23.5 Å². The fraction of sp³-hybridized carbons (Fsp3) is 0.500. The summed E-state index contributed by atoms with van der Waals surface area (Å²) in [6.07, 6.45) is 4.10. The number of nitrogens with zero attached hydrogens (tertiary/aromatic N) is 3. The van der Waals surface area contributed by atoms with Gasteiger partial charge in [-0.05, 0) is 38.4 Å². The number of rotatable bonds is 5. The molecule has 0 spiro atoms. The normalized spacial score (nSPS) is 19.3. The second-order valence-electron chi connectivity index (χ2n) is 5.70. The summed E-state index contributed by atoms with van der Waals surface area (Å²) in [5.74, 6) is 1.06. The molecule has 1 fully saturated rings. The van der Waals surface area contributed by atoms with E-state index in [0.29, 0.717) is 23.4 Å². The number of thiazole rings is 1. The van der Waals surface area contributed by atoms with Crippen molar-refractivity contribution in [2.24, 2.45) is 5.92 Å². The molecule has 1 atom stereocenters. The maximum atomic E-state index is 6.08. The van der Waals surface area contributed by atoms with Crippen molar-refractivity contribution in [2.45, 2.75) is 26.3 Å². The Hall–Kier alpha value is -1.17. The van der Waals surface area contributed by atoms with Crippen LogP contribution in [-0.4, -0.2) is 34.6 Å². The minimum atomic E-state index is 0.520. The average molecular weight is 338 g/mol. The van der Waals surface area contributed by atoms with Crippen LogP contribution in [0.25, 0.3) is 0 Å². The fourth-order valence-electron chi connectivity index (χ4n) is 2.82. The molecule has 6 heteroatoms. The third kappa shape index (κ3) is 4.18. The minimum absolute atomic E-state index is 0.520. The third-order valence-corrected chi connectivity index (χ3v) is 4.95. The first-order valence-corrected chi connectivity index (χ1v) is 8.83. The van der Waals surface area contributed by atoms with Gasteiger partial charge in [0.2, 0.25) is 5.88 Å². The minimum Gasteiger partial charge on any atom is -0.476 e. The molecular formula is C16H20ClN3OS. The van der Waals surface area contributed by atoms with Crippen LogP contribution in [0.15, 0.2) is 23.7 Å². The maximum Gasteiger partial charge on any atom is 0.232 e. The van der Waals surface area contributed by atoms with E-state index in [0.717, 1.165) is 24.6 Å². The summed E-state index contributed by atoms with van der Waals surface area (Å²) in [4.78, 5) is 11.2. The van der Waals surface area contributed by atoms with E-state index in [-0.39, 0.29) is 0 Å². The Labute approximate surface area is 140 Å². The Bertz CT molecular complexity index is 619. The summed E-state index contributed by atoms with van der Waals surface area (Å²) in [5.41, 5.74) is 1.18. The summed E-state index contributed by atoms with van der Waals surface area (Å²) in [6.45, 7) is 5.84. The van der Waals surface area contributed by atoms with Crippen LogP contribution < -0.4 is 4.74 Å². The Morgan fingerprint density at radius 1 is 1.50 bits per heavy atom. The molecule has 1 aliphatic heterocycles. The van der Waals surface area contributed by atoms with Crippen LogP contribution in [0.3, 0.4) is 0 Å². The topological polar surface area (TPSA) is 38.2 Å². The van der Waals surface area contributed by atoms with Gasteiger partial charge in [-0.2, -0.15) is 0 Å². The Kier molecular flexibility index (Phi) is 5.28. The third-order valence-electron chi connectivity index (χ3n) is 3.84. The van der Waals surface area contributed by atoms with E-state index in [2.05, 4.69) is 27.2 Å². The van der Waals surface area contributed by atoms with Crippen LogP contribution >= 0.6 is 22.9 Å². The number of ether oxygens (including phenoxy) is 1. The molecule has 0 aliphatic carbocycles. The molecule has 2 aromatic heterocycles. The number of pyridine rings is 1. The number of hydrogen-bond donors (Lipinski definition) is 0. The highest BCUT2D eigenvalue weighted by Gasteiger charge is 2.21. The van der Waals surface area contributed by atoms with Crippen LogP contribution in [0.2, 0.25) is 5.02 Å². The van der Waals surface area contributed by atoms with Gasteiger partial charge in [0.25, 0.3) is 0 Å². The molecule has 118 valence electrons. The molecule has 0 N–H and O–H groups in total. The zero-order valence-electron chi connectivity index (χ0n) is 12.7. The van der Waals surface area contributed by atoms with Gasteiger partial charge in [0, 0.05) is 30.6 Å². The molecule has 0 amide bonds. The van der Waals surface area contributed by atoms with Crippen LogP contribution in [-0.2, 0) is 6.54 Å². The first-order valence-electron chi connectivity index (χ1n) is 7.57. The molecule has 1 unspecified atom stereocenters. The smallest absolute Gasteiger partial charge is 0.232 e. The molecule has 22 heavy (non-hydrogen) atoms. The van der Waals surface area contributed by atoms with Crippen molar-refractivity contribution in [1.29, 1.82) is 0 Å². The molecule has 0 radical (unpaired) electrons. The van der Waals surface area contributed by atoms with Gasteiger partial charge in [-0.15, -0.1) is 11.3 Å². The highest BCUT2D eigenvalue weighted by molar-refractivity contribution is 7.09. The fourth-order valence-corrected chi connectivity index (χ4v) is 3.59. The van der Waals surface area contributed by atoms with Crippen molar-refractivity contribution in [3.8, 4) is 5.88 Å². The highest BCUT2D eigenvalue weighted by Crippen LogP contribution is 2.23. The number of aryl methyl sites for hydroxylation is 1. The van der Waals surface area contributed by atoms with E-state index in [1.807, 2.05) is 12.1 Å². The van der Waals surface area contributed by atoms with E-state index in [1.165, 1.54) is 18.5 Å². The first kappa shape index (κ1) is 15.7. The first-order chi connectivity index (χ1) is 10.7. The van der Waals surface area contributed by atoms with E-state index >= 15 is 0 Å². The molecule has 3 heterocycles. The summed E-state index contributed by atoms with van der Waals surface area (Å²) in [5, 5.41) is 3.87. The lowest BCUT2D eigenvalue weighted by atomic mass is 9.99. The molecule has 0 aromatic carbocycles. The monoisotopic (exact) mass is 337 g/mol. The summed E-state index contributed by atoms with van der Waals surface area (Å²) >= 11 is 7.79. The van der Waals surface area contributed by atoms with E-state index in [4.69, 9.17) is 16.3 Å². The Balaban J connectivity index is 1.51. The van der Waals surface area contributed by atoms with E-state index in [1.54, 1.807) is 17.5 Å². The van der Waals surface area contributed by atoms with Crippen molar-refractivity contribution in [3.63, 3.8) is 0 Å². The van der Waals surface area contributed by atoms with E-state index < -0.39 is 0 Å². The zero-order valence-corrected chi connectivity index (χ0v) is 14.2. The van der Waals surface area contributed by atoms with Crippen LogP contribution in [0, 0.1) is 12.8 Å². The molecule has 0 bridgehead atoms. The van der Waals surface area contributed by atoms with Crippen LogP contribution in [0.4, 0.5) is 0 Å². The molecule has 1 aliphatic rings. The van der Waals surface area contributed by atoms with Gasteiger partial charge in [-0.3, -0.25) is 4.90 Å². The summed E-state index contributed by atoms with van der Waals surface area (Å²) < 4.78 is 5.80. The molecular weight excluding hydrogens is 318 g/mol. The zero-order chi connectivity index (χ0) is 15.4. The van der Waals surface area contributed by atoms with Gasteiger partial charge >= 0.3 is 0 Å². The number of aromatic nitrogens is 2. The van der Waals surface area contributed by atoms with Crippen molar-refractivity contribution in [1.82, 2.24) is 14.9 Å². The Morgan fingerprint density at radius 3 is 3.18 bits per heavy atom. The number of likely N-dealkylation sites (tertiary alicyclic amines) is 1. The van der Waals surface area contributed by atoms with Crippen molar-refractivity contribution < 1.29 is 4.74 Å². The molecule has 2 aromatic rings. The Morgan fingerprint density at radius 2 is 2.41 bits per heavy atom. The van der Waals surface area contributed by atoms with E-state index in [9.17, 15) is 0 Å². The predicted molar refractivity (Wildman–Crippen MR) is 89.6 cm³/mol. The predicted octanol–water partition coefficient (Wildman–Crippen LogP) is 3.79. The van der Waals surface area contributed by atoms with Gasteiger partial charge in [0.15, 0.2) is 0 Å². The van der Waals surface area contributed by atoms with Gasteiger partial charge in [-0.25, -0.2) is 9.97 Å². The van der Waals surface area contributed by atoms with Crippen molar-refractivity contribution in [3.05, 3.63) is 39.4 Å². The molecule has 3 rings (SSSR count). The van der Waals surface area contributed by atoms with Crippen LogP contribution in [0.5, 0.6) is 5.88 Å². The van der Waals surface area contributed by atoms with Gasteiger partial charge in [0.1, 0.15) is 5.02 Å². The second kappa shape index (κ2) is 7.40. The van der Waals surface area contributed by atoms with Gasteiger partial charge < -0.3 is 4.74 Å². The maximum absolute atomic E-state index is 6.08.